The minimum atomic E-state index is 0.209. The summed E-state index contributed by atoms with van der Waals surface area (Å²) >= 11 is 0. The second-order valence-corrected chi connectivity index (χ2v) is 5.73. The lowest BCUT2D eigenvalue weighted by Crippen LogP contribution is -2.46. The maximum Gasteiger partial charge on any atom is 0.0693 e. The molecule has 2 nitrogen and oxygen atoms in total. The lowest BCUT2D eigenvalue weighted by molar-refractivity contribution is -0.0844. The van der Waals surface area contributed by atoms with E-state index in [1.165, 1.54) is 38.5 Å². The lowest BCUT2D eigenvalue weighted by Gasteiger charge is -2.43. The van der Waals surface area contributed by atoms with Crippen molar-refractivity contribution in [1.82, 2.24) is 5.32 Å². The Bertz CT molecular complexity index is 182. The first-order valence-corrected chi connectivity index (χ1v) is 6.90. The van der Waals surface area contributed by atoms with Gasteiger partial charge in [0.1, 0.15) is 0 Å². The molecule has 1 unspecified atom stereocenters. The highest BCUT2D eigenvalue weighted by molar-refractivity contribution is 4.93. The molecule has 1 N–H and O–H groups in total. The number of ether oxygens (including phenoxy) is 1. The van der Waals surface area contributed by atoms with Crippen LogP contribution >= 0.6 is 0 Å². The molecule has 1 saturated carbocycles. The van der Waals surface area contributed by atoms with Crippen LogP contribution in [0.3, 0.4) is 0 Å². The van der Waals surface area contributed by atoms with Crippen LogP contribution in [0.1, 0.15) is 59.3 Å². The highest BCUT2D eigenvalue weighted by Gasteiger charge is 2.38. The van der Waals surface area contributed by atoms with Crippen molar-refractivity contribution in [3.63, 3.8) is 0 Å². The molecule has 0 aliphatic heterocycles. The van der Waals surface area contributed by atoms with Crippen molar-refractivity contribution < 1.29 is 4.74 Å². The van der Waals surface area contributed by atoms with Crippen LogP contribution in [0.4, 0.5) is 0 Å². The molecule has 0 saturated heterocycles. The predicted octanol–water partition coefficient (Wildman–Crippen LogP) is 3.36. The molecule has 0 aromatic carbocycles. The molecule has 0 spiro atoms. The van der Waals surface area contributed by atoms with Crippen LogP contribution in [0, 0.1) is 5.92 Å². The molecule has 1 fully saturated rings. The Morgan fingerprint density at radius 3 is 2.38 bits per heavy atom. The van der Waals surface area contributed by atoms with E-state index in [-0.39, 0.29) is 5.60 Å². The average molecular weight is 227 g/mol. The van der Waals surface area contributed by atoms with Crippen LogP contribution in [0.15, 0.2) is 0 Å². The molecule has 1 aliphatic carbocycles. The molecule has 0 bridgehead atoms. The summed E-state index contributed by atoms with van der Waals surface area (Å²) in [6.45, 7) is 7.98. The van der Waals surface area contributed by atoms with Crippen LogP contribution in [0.25, 0.3) is 0 Å². The van der Waals surface area contributed by atoms with Gasteiger partial charge in [0.15, 0.2) is 0 Å². The fourth-order valence-electron chi connectivity index (χ4n) is 2.67. The molecule has 0 radical (unpaired) electrons. The van der Waals surface area contributed by atoms with Crippen LogP contribution in [0.2, 0.25) is 0 Å². The SMILES string of the molecule is CCCNC(CC(C)C)CC1(OC)CCC1. The van der Waals surface area contributed by atoms with Gasteiger partial charge in [-0.25, -0.2) is 0 Å². The molecule has 0 aromatic heterocycles. The summed E-state index contributed by atoms with van der Waals surface area (Å²) in [6.07, 6.45) is 7.54. The molecule has 16 heavy (non-hydrogen) atoms. The minimum Gasteiger partial charge on any atom is -0.378 e. The summed E-state index contributed by atoms with van der Waals surface area (Å²) in [5.41, 5.74) is 0.209. The number of rotatable bonds is 8. The molecule has 1 atom stereocenters. The summed E-state index contributed by atoms with van der Waals surface area (Å²) in [5.74, 6) is 0.767. The van der Waals surface area contributed by atoms with Crippen LogP contribution in [-0.2, 0) is 4.74 Å². The third kappa shape index (κ3) is 4.06. The highest BCUT2D eigenvalue weighted by Crippen LogP contribution is 2.39. The molecule has 2 heteroatoms. The fraction of sp³-hybridized carbons (Fsp3) is 1.00. The number of hydrogen-bond acceptors (Lipinski definition) is 2. The van der Waals surface area contributed by atoms with Crippen LogP contribution in [-0.4, -0.2) is 25.3 Å². The number of hydrogen-bond donors (Lipinski definition) is 1. The van der Waals surface area contributed by atoms with Gasteiger partial charge in [-0.2, -0.15) is 0 Å². The molecular formula is C14H29NO. The van der Waals surface area contributed by atoms with E-state index in [2.05, 4.69) is 26.1 Å². The van der Waals surface area contributed by atoms with Gasteiger partial charge in [0.25, 0.3) is 0 Å². The zero-order valence-corrected chi connectivity index (χ0v) is 11.5. The molecule has 96 valence electrons. The van der Waals surface area contributed by atoms with Crippen LogP contribution in [0.5, 0.6) is 0 Å². The fourth-order valence-corrected chi connectivity index (χ4v) is 2.67. The van der Waals surface area contributed by atoms with Crippen molar-refractivity contribution in [2.45, 2.75) is 70.9 Å². The smallest absolute Gasteiger partial charge is 0.0693 e. The van der Waals surface area contributed by atoms with E-state index in [9.17, 15) is 0 Å². The quantitative estimate of drug-likeness (QED) is 0.686. The van der Waals surface area contributed by atoms with E-state index < -0.39 is 0 Å². The number of methoxy groups -OCH3 is 1. The van der Waals surface area contributed by atoms with E-state index in [0.717, 1.165) is 12.5 Å². The summed E-state index contributed by atoms with van der Waals surface area (Å²) in [7, 11) is 1.88. The van der Waals surface area contributed by atoms with Gasteiger partial charge < -0.3 is 10.1 Å². The van der Waals surface area contributed by atoms with E-state index in [1.54, 1.807) is 0 Å². The normalized spacial score (nSPS) is 20.8. The second kappa shape index (κ2) is 6.61. The van der Waals surface area contributed by atoms with E-state index in [0.29, 0.717) is 6.04 Å². The number of nitrogens with one attached hydrogen (secondary N) is 1. The topological polar surface area (TPSA) is 21.3 Å². The third-order valence-electron chi connectivity index (χ3n) is 3.76. The monoisotopic (exact) mass is 227 g/mol. The van der Waals surface area contributed by atoms with Gasteiger partial charge in [-0.15, -0.1) is 0 Å². The summed E-state index contributed by atoms with van der Waals surface area (Å²) in [6, 6.07) is 0.639. The van der Waals surface area contributed by atoms with Gasteiger partial charge in [0.2, 0.25) is 0 Å². The largest absolute Gasteiger partial charge is 0.378 e. The summed E-state index contributed by atoms with van der Waals surface area (Å²) in [4.78, 5) is 0. The Kier molecular flexibility index (Phi) is 5.77. The second-order valence-electron chi connectivity index (χ2n) is 5.73. The van der Waals surface area contributed by atoms with Gasteiger partial charge in [0, 0.05) is 13.2 Å². The van der Waals surface area contributed by atoms with Crippen molar-refractivity contribution in [3.8, 4) is 0 Å². The Hall–Kier alpha value is -0.0800. The Balaban J connectivity index is 2.41. The van der Waals surface area contributed by atoms with Gasteiger partial charge in [-0.3, -0.25) is 0 Å². The summed E-state index contributed by atoms with van der Waals surface area (Å²) < 4.78 is 5.73. The Morgan fingerprint density at radius 1 is 1.31 bits per heavy atom. The molecule has 0 amide bonds. The summed E-state index contributed by atoms with van der Waals surface area (Å²) in [5, 5.41) is 3.68. The van der Waals surface area contributed by atoms with Crippen molar-refractivity contribution in [2.75, 3.05) is 13.7 Å². The van der Waals surface area contributed by atoms with Crippen LogP contribution < -0.4 is 5.32 Å². The van der Waals surface area contributed by atoms with E-state index >= 15 is 0 Å². The first-order chi connectivity index (χ1) is 7.62. The third-order valence-corrected chi connectivity index (χ3v) is 3.76. The first-order valence-electron chi connectivity index (χ1n) is 6.90. The molecule has 0 heterocycles. The molecule has 1 rings (SSSR count). The zero-order valence-electron chi connectivity index (χ0n) is 11.5. The van der Waals surface area contributed by atoms with Gasteiger partial charge in [-0.05, 0) is 51.0 Å². The van der Waals surface area contributed by atoms with Gasteiger partial charge in [-0.1, -0.05) is 20.8 Å². The predicted molar refractivity (Wildman–Crippen MR) is 69.7 cm³/mol. The Labute approximate surface area is 101 Å². The van der Waals surface area contributed by atoms with Gasteiger partial charge in [0.05, 0.1) is 5.60 Å². The van der Waals surface area contributed by atoms with E-state index in [1.807, 2.05) is 7.11 Å². The van der Waals surface area contributed by atoms with Crippen molar-refractivity contribution in [3.05, 3.63) is 0 Å². The van der Waals surface area contributed by atoms with Gasteiger partial charge >= 0.3 is 0 Å². The standard InChI is InChI=1S/C14H29NO/c1-5-9-15-13(10-12(2)3)11-14(16-4)7-6-8-14/h12-13,15H,5-11H2,1-4H3. The average Bonchev–Trinajstić information content (AvgIpc) is 2.19. The lowest BCUT2D eigenvalue weighted by atomic mass is 9.74. The molecule has 0 aromatic rings. The maximum absolute atomic E-state index is 5.73. The van der Waals surface area contributed by atoms with Crippen molar-refractivity contribution in [2.24, 2.45) is 5.92 Å². The first kappa shape index (κ1) is 14.0. The Morgan fingerprint density at radius 2 is 2.00 bits per heavy atom. The molecule has 1 aliphatic rings. The van der Waals surface area contributed by atoms with Crippen molar-refractivity contribution in [1.29, 1.82) is 0 Å². The highest BCUT2D eigenvalue weighted by atomic mass is 16.5. The zero-order chi connectivity index (χ0) is 12.0. The molecular weight excluding hydrogens is 198 g/mol. The van der Waals surface area contributed by atoms with Crippen molar-refractivity contribution >= 4 is 0 Å². The maximum atomic E-state index is 5.73. The minimum absolute atomic E-state index is 0.209. The van der Waals surface area contributed by atoms with E-state index in [4.69, 9.17) is 4.74 Å².